The number of morpholine rings is 1. The molecular weight excluding hydrogens is 531 g/mol. The molecule has 9 nitrogen and oxygen atoms in total. The molecule has 2 aliphatic rings. The zero-order valence-electron chi connectivity index (χ0n) is 20.5. The van der Waals surface area contributed by atoms with E-state index in [1.54, 1.807) is 47.4 Å². The van der Waals surface area contributed by atoms with Crippen LogP contribution in [0, 0.1) is 10.1 Å². The van der Waals surface area contributed by atoms with E-state index < -0.39 is 0 Å². The van der Waals surface area contributed by atoms with Gasteiger partial charge >= 0.3 is 0 Å². The van der Waals surface area contributed by atoms with Gasteiger partial charge in [0.1, 0.15) is 17.2 Å². The largest absolute Gasteiger partial charge is 0.457 e. The fraction of sp³-hybridized carbons (Fsp3) is 0.296. The first-order valence-corrected chi connectivity index (χ1v) is 13.0. The number of amides is 1. The first-order chi connectivity index (χ1) is 18.4. The van der Waals surface area contributed by atoms with Gasteiger partial charge in [0, 0.05) is 62.7 Å². The maximum Gasteiger partial charge on any atom is 0.292 e. The Hall–Kier alpha value is -3.53. The summed E-state index contributed by atoms with van der Waals surface area (Å²) in [5.41, 5.74) is 2.29. The van der Waals surface area contributed by atoms with Crippen molar-refractivity contribution in [1.82, 2.24) is 4.90 Å². The van der Waals surface area contributed by atoms with Crippen molar-refractivity contribution in [3.63, 3.8) is 0 Å². The second kappa shape index (κ2) is 11.5. The minimum absolute atomic E-state index is 0.0910. The van der Waals surface area contributed by atoms with Gasteiger partial charge in [-0.05, 0) is 42.5 Å². The van der Waals surface area contributed by atoms with Crippen molar-refractivity contribution in [2.45, 2.75) is 0 Å². The van der Waals surface area contributed by atoms with E-state index in [1.165, 1.54) is 6.08 Å². The van der Waals surface area contributed by atoms with Gasteiger partial charge in [-0.15, -0.1) is 0 Å². The number of ether oxygens (including phenoxy) is 1. The van der Waals surface area contributed by atoms with E-state index >= 15 is 0 Å². The summed E-state index contributed by atoms with van der Waals surface area (Å²) < 4.78 is 11.2. The summed E-state index contributed by atoms with van der Waals surface area (Å²) in [6.45, 7) is 4.64. The molecule has 3 heterocycles. The molecule has 2 fully saturated rings. The lowest BCUT2D eigenvalue weighted by Gasteiger charge is -2.36. The molecule has 3 aromatic rings. The Morgan fingerprint density at radius 2 is 1.71 bits per heavy atom. The molecular formula is C27H26Cl2N4O5. The van der Waals surface area contributed by atoms with Gasteiger partial charge in [-0.25, -0.2) is 0 Å². The Balaban J connectivity index is 1.21. The van der Waals surface area contributed by atoms with Crippen LogP contribution >= 0.6 is 23.2 Å². The standard InChI is InChI=1S/C27H26Cl2N4O5/c28-22-3-1-2-21(27(22)29)25-8-5-20(38-25)6-9-26(34)32-12-10-30(11-13-32)19-4-7-23(33(35)36)24(18-19)31-14-16-37-17-15-31/h1-9,18H,10-17H2. The molecule has 198 valence electrons. The van der Waals surface area contributed by atoms with Crippen LogP contribution in [-0.4, -0.2) is 68.2 Å². The van der Waals surface area contributed by atoms with Crippen molar-refractivity contribution >= 4 is 52.2 Å². The zero-order valence-corrected chi connectivity index (χ0v) is 22.0. The SMILES string of the molecule is O=C(C=Cc1ccc(-c2cccc(Cl)c2Cl)o1)N1CCN(c2ccc([N+](=O)[O-])c(N3CCOCC3)c2)CC1. The number of carbonyl (C=O) groups excluding carboxylic acids is 1. The van der Waals surface area contributed by atoms with Crippen LogP contribution in [0.15, 0.2) is 59.0 Å². The molecule has 0 bridgehead atoms. The van der Waals surface area contributed by atoms with E-state index in [1.807, 2.05) is 17.0 Å². The predicted octanol–water partition coefficient (Wildman–Crippen LogP) is 5.36. The van der Waals surface area contributed by atoms with Gasteiger partial charge in [-0.1, -0.05) is 29.3 Å². The van der Waals surface area contributed by atoms with E-state index in [0.29, 0.717) is 85.3 Å². The van der Waals surface area contributed by atoms with Gasteiger partial charge in [0.05, 0.1) is 28.2 Å². The van der Waals surface area contributed by atoms with E-state index in [0.717, 1.165) is 5.69 Å². The molecule has 2 saturated heterocycles. The van der Waals surface area contributed by atoms with Gasteiger partial charge in [-0.2, -0.15) is 0 Å². The summed E-state index contributed by atoms with van der Waals surface area (Å²) in [7, 11) is 0. The molecule has 2 aromatic carbocycles. The van der Waals surface area contributed by atoms with Gasteiger partial charge in [-0.3, -0.25) is 14.9 Å². The van der Waals surface area contributed by atoms with Crippen LogP contribution in [0.5, 0.6) is 0 Å². The summed E-state index contributed by atoms with van der Waals surface area (Å²) in [6, 6.07) is 14.1. The van der Waals surface area contributed by atoms with Crippen molar-refractivity contribution in [2.24, 2.45) is 0 Å². The molecule has 0 atom stereocenters. The number of nitrogens with zero attached hydrogens (tertiary/aromatic N) is 4. The minimum atomic E-state index is -0.344. The highest BCUT2D eigenvalue weighted by atomic mass is 35.5. The Morgan fingerprint density at radius 3 is 2.45 bits per heavy atom. The average molecular weight is 557 g/mol. The van der Waals surface area contributed by atoms with Crippen molar-refractivity contribution in [3.8, 4) is 11.3 Å². The normalized spacial score (nSPS) is 16.3. The topological polar surface area (TPSA) is 92.3 Å². The van der Waals surface area contributed by atoms with Crippen LogP contribution in [0.1, 0.15) is 5.76 Å². The summed E-state index contributed by atoms with van der Waals surface area (Å²) in [6.07, 6.45) is 3.14. The molecule has 0 aliphatic carbocycles. The van der Waals surface area contributed by atoms with E-state index in [2.05, 4.69) is 4.90 Å². The maximum atomic E-state index is 12.8. The molecule has 38 heavy (non-hydrogen) atoms. The first kappa shape index (κ1) is 26.1. The van der Waals surface area contributed by atoms with Crippen LogP contribution in [0.2, 0.25) is 10.0 Å². The number of hydrogen-bond donors (Lipinski definition) is 0. The number of piperazine rings is 1. The Labute approximate surface area is 229 Å². The molecule has 11 heteroatoms. The average Bonchev–Trinajstić information content (AvgIpc) is 3.42. The lowest BCUT2D eigenvalue weighted by molar-refractivity contribution is -0.384. The highest BCUT2D eigenvalue weighted by Crippen LogP contribution is 2.35. The first-order valence-electron chi connectivity index (χ1n) is 12.3. The number of nitro benzene ring substituents is 1. The summed E-state index contributed by atoms with van der Waals surface area (Å²) in [4.78, 5) is 30.0. The number of halogens is 2. The third kappa shape index (κ3) is 5.65. The maximum absolute atomic E-state index is 12.8. The molecule has 2 aliphatic heterocycles. The molecule has 0 radical (unpaired) electrons. The van der Waals surface area contributed by atoms with Crippen molar-refractivity contribution in [3.05, 3.63) is 80.5 Å². The molecule has 0 saturated carbocycles. The van der Waals surface area contributed by atoms with Gasteiger partial charge in [0.25, 0.3) is 5.69 Å². The number of hydrogen-bond acceptors (Lipinski definition) is 7. The van der Waals surface area contributed by atoms with Crippen molar-refractivity contribution < 1.29 is 18.9 Å². The van der Waals surface area contributed by atoms with Crippen LogP contribution < -0.4 is 9.80 Å². The Bertz CT molecular complexity index is 1360. The monoisotopic (exact) mass is 556 g/mol. The number of anilines is 2. The molecule has 0 spiro atoms. The number of rotatable bonds is 6. The second-order valence-electron chi connectivity index (χ2n) is 8.98. The van der Waals surface area contributed by atoms with Crippen LogP contribution in [0.25, 0.3) is 17.4 Å². The van der Waals surface area contributed by atoms with Crippen molar-refractivity contribution in [1.29, 1.82) is 0 Å². The number of benzene rings is 2. The summed E-state index contributed by atoms with van der Waals surface area (Å²) in [5.74, 6) is 0.989. The molecule has 1 aromatic heterocycles. The highest BCUT2D eigenvalue weighted by Gasteiger charge is 2.25. The fourth-order valence-electron chi connectivity index (χ4n) is 4.65. The Morgan fingerprint density at radius 1 is 0.947 bits per heavy atom. The smallest absolute Gasteiger partial charge is 0.292 e. The molecule has 0 N–H and O–H groups in total. The highest BCUT2D eigenvalue weighted by molar-refractivity contribution is 6.43. The lowest BCUT2D eigenvalue weighted by Crippen LogP contribution is -2.48. The third-order valence-electron chi connectivity index (χ3n) is 6.70. The quantitative estimate of drug-likeness (QED) is 0.229. The summed E-state index contributed by atoms with van der Waals surface area (Å²) in [5, 5.41) is 12.5. The second-order valence-corrected chi connectivity index (χ2v) is 9.76. The fourth-order valence-corrected chi connectivity index (χ4v) is 5.04. The van der Waals surface area contributed by atoms with E-state index in [9.17, 15) is 14.9 Å². The molecule has 5 rings (SSSR count). The van der Waals surface area contributed by atoms with E-state index in [4.69, 9.17) is 32.4 Å². The number of furan rings is 1. The van der Waals surface area contributed by atoms with Crippen LogP contribution in [-0.2, 0) is 9.53 Å². The number of nitro groups is 1. The zero-order chi connectivity index (χ0) is 26.6. The van der Waals surface area contributed by atoms with Crippen LogP contribution in [0.4, 0.5) is 17.1 Å². The van der Waals surface area contributed by atoms with E-state index in [-0.39, 0.29) is 16.5 Å². The third-order valence-corrected chi connectivity index (χ3v) is 7.52. The molecule has 1 amide bonds. The van der Waals surface area contributed by atoms with Crippen LogP contribution in [0.3, 0.4) is 0 Å². The van der Waals surface area contributed by atoms with Gasteiger partial charge in [0.15, 0.2) is 0 Å². The minimum Gasteiger partial charge on any atom is -0.457 e. The summed E-state index contributed by atoms with van der Waals surface area (Å²) >= 11 is 12.4. The predicted molar refractivity (Wildman–Crippen MR) is 148 cm³/mol. The van der Waals surface area contributed by atoms with Gasteiger partial charge in [0.2, 0.25) is 5.91 Å². The van der Waals surface area contributed by atoms with Gasteiger partial charge < -0.3 is 23.9 Å². The van der Waals surface area contributed by atoms with Crippen molar-refractivity contribution in [2.75, 3.05) is 62.3 Å². The number of carbonyl (C=O) groups is 1. The lowest BCUT2D eigenvalue weighted by atomic mass is 10.1. The Kier molecular flexibility index (Phi) is 7.87. The molecule has 0 unspecified atom stereocenters.